The van der Waals surface area contributed by atoms with Gasteiger partial charge in [-0.2, -0.15) is 0 Å². The van der Waals surface area contributed by atoms with Gasteiger partial charge in [0.05, 0.1) is 13.1 Å². The molecule has 1 atom stereocenters. The van der Waals surface area contributed by atoms with Crippen LogP contribution in [0.4, 0.5) is 0 Å². The van der Waals surface area contributed by atoms with Crippen LogP contribution in [0.1, 0.15) is 6.42 Å². The average molecular weight is 245 g/mol. The lowest BCUT2D eigenvalue weighted by molar-refractivity contribution is -0.129. The van der Waals surface area contributed by atoms with Gasteiger partial charge in [0.15, 0.2) is 0 Å². The molecule has 7 N–H and O–H groups in total. The van der Waals surface area contributed by atoms with Crippen LogP contribution >= 0.6 is 0 Å². The van der Waals surface area contributed by atoms with Crippen molar-refractivity contribution in [1.82, 2.24) is 16.0 Å². The maximum absolute atomic E-state index is 11.6. The van der Waals surface area contributed by atoms with Gasteiger partial charge in [-0.3, -0.25) is 14.4 Å². The third-order valence-corrected chi connectivity index (χ3v) is 1.88. The van der Waals surface area contributed by atoms with E-state index >= 15 is 0 Å². The SMILES string of the molecule is CNCC(=O)N[C@@H](CCN)C(=O)NCC(N)=O. The smallest absolute Gasteiger partial charge is 0.243 e. The summed E-state index contributed by atoms with van der Waals surface area (Å²) < 4.78 is 0. The summed E-state index contributed by atoms with van der Waals surface area (Å²) in [5, 5.41) is 7.46. The minimum absolute atomic E-state index is 0.101. The summed E-state index contributed by atoms with van der Waals surface area (Å²) in [5.41, 5.74) is 10.2. The first-order chi connectivity index (χ1) is 8.01. The second-order valence-electron chi connectivity index (χ2n) is 3.41. The fraction of sp³-hybridized carbons (Fsp3) is 0.667. The molecule has 0 aromatic heterocycles. The van der Waals surface area contributed by atoms with Crippen molar-refractivity contribution >= 4 is 17.7 Å². The van der Waals surface area contributed by atoms with Gasteiger partial charge in [0.25, 0.3) is 0 Å². The van der Waals surface area contributed by atoms with Crippen LogP contribution in [0.2, 0.25) is 0 Å². The predicted molar refractivity (Wildman–Crippen MR) is 61.7 cm³/mol. The monoisotopic (exact) mass is 245 g/mol. The van der Waals surface area contributed by atoms with E-state index in [0.717, 1.165) is 0 Å². The molecule has 0 fully saturated rings. The van der Waals surface area contributed by atoms with Crippen LogP contribution in [0, 0.1) is 0 Å². The summed E-state index contributed by atoms with van der Waals surface area (Å²) in [6, 6.07) is -0.750. The molecule has 0 saturated carbocycles. The first-order valence-corrected chi connectivity index (χ1v) is 5.21. The standard InChI is InChI=1S/C9H19N5O3/c1-12-5-8(16)14-6(2-3-10)9(17)13-4-7(11)15/h6,12H,2-5,10H2,1H3,(H2,11,15)(H,13,17)(H,14,16)/t6-/m0/s1. The Hall–Kier alpha value is -1.67. The lowest BCUT2D eigenvalue weighted by atomic mass is 10.2. The van der Waals surface area contributed by atoms with Crippen molar-refractivity contribution in [2.45, 2.75) is 12.5 Å². The molecule has 0 spiro atoms. The first-order valence-electron chi connectivity index (χ1n) is 5.21. The highest BCUT2D eigenvalue weighted by Gasteiger charge is 2.19. The molecule has 0 aliphatic heterocycles. The summed E-state index contributed by atoms with van der Waals surface area (Å²) in [6.07, 6.45) is 0.292. The van der Waals surface area contributed by atoms with Gasteiger partial charge in [0, 0.05) is 0 Å². The molecule has 0 unspecified atom stereocenters. The van der Waals surface area contributed by atoms with Gasteiger partial charge in [-0.25, -0.2) is 0 Å². The number of hydrogen-bond acceptors (Lipinski definition) is 5. The lowest BCUT2D eigenvalue weighted by Crippen LogP contribution is -2.50. The van der Waals surface area contributed by atoms with Gasteiger partial charge >= 0.3 is 0 Å². The molecule has 0 aliphatic rings. The van der Waals surface area contributed by atoms with Gasteiger partial charge < -0.3 is 27.4 Å². The molecule has 0 rings (SSSR count). The fourth-order valence-electron chi connectivity index (χ4n) is 1.14. The maximum atomic E-state index is 11.6. The van der Waals surface area contributed by atoms with Crippen LogP contribution in [-0.4, -0.2) is 50.4 Å². The van der Waals surface area contributed by atoms with Crippen LogP contribution in [-0.2, 0) is 14.4 Å². The Labute approximate surface area is 99.5 Å². The number of likely N-dealkylation sites (N-methyl/N-ethyl adjacent to an activating group) is 1. The molecule has 98 valence electrons. The van der Waals surface area contributed by atoms with Crippen LogP contribution < -0.4 is 27.4 Å². The van der Waals surface area contributed by atoms with Crippen LogP contribution in [0.25, 0.3) is 0 Å². The zero-order valence-corrected chi connectivity index (χ0v) is 9.79. The van der Waals surface area contributed by atoms with E-state index in [2.05, 4.69) is 16.0 Å². The van der Waals surface area contributed by atoms with Gasteiger partial charge in [-0.15, -0.1) is 0 Å². The van der Waals surface area contributed by atoms with Gasteiger partial charge in [0.2, 0.25) is 17.7 Å². The van der Waals surface area contributed by atoms with E-state index < -0.39 is 17.9 Å². The molecule has 0 radical (unpaired) electrons. The quantitative estimate of drug-likeness (QED) is 0.304. The Morgan fingerprint density at radius 2 is 1.88 bits per heavy atom. The molecule has 8 nitrogen and oxygen atoms in total. The molecular formula is C9H19N5O3. The molecule has 8 heteroatoms. The highest BCUT2D eigenvalue weighted by Crippen LogP contribution is 1.90. The molecule has 0 aliphatic carbocycles. The van der Waals surface area contributed by atoms with Crippen molar-refractivity contribution in [2.75, 3.05) is 26.7 Å². The van der Waals surface area contributed by atoms with E-state index in [1.165, 1.54) is 0 Å². The minimum atomic E-state index is -0.750. The normalized spacial score (nSPS) is 11.6. The highest BCUT2D eigenvalue weighted by molar-refractivity contribution is 5.90. The summed E-state index contributed by atoms with van der Waals surface area (Å²) in [6.45, 7) is 0.0838. The topological polar surface area (TPSA) is 139 Å². The van der Waals surface area contributed by atoms with Gasteiger partial charge in [-0.1, -0.05) is 0 Å². The second-order valence-corrected chi connectivity index (χ2v) is 3.41. The lowest BCUT2D eigenvalue weighted by Gasteiger charge is -2.17. The van der Waals surface area contributed by atoms with Gasteiger partial charge in [-0.05, 0) is 20.0 Å². The molecule has 0 heterocycles. The number of primary amides is 1. The van der Waals surface area contributed by atoms with Crippen LogP contribution in [0.15, 0.2) is 0 Å². The Morgan fingerprint density at radius 3 is 2.35 bits per heavy atom. The van der Waals surface area contributed by atoms with E-state index in [1.54, 1.807) is 7.05 Å². The Balaban J connectivity index is 4.24. The van der Waals surface area contributed by atoms with Crippen molar-refractivity contribution in [2.24, 2.45) is 11.5 Å². The van der Waals surface area contributed by atoms with Crippen LogP contribution in [0.5, 0.6) is 0 Å². The zero-order valence-electron chi connectivity index (χ0n) is 9.79. The summed E-state index contributed by atoms with van der Waals surface area (Å²) in [4.78, 5) is 33.3. The minimum Gasteiger partial charge on any atom is -0.368 e. The average Bonchev–Trinajstić information content (AvgIpc) is 2.25. The predicted octanol–water partition coefficient (Wildman–Crippen LogP) is -3.36. The van der Waals surface area contributed by atoms with Crippen molar-refractivity contribution in [3.63, 3.8) is 0 Å². The molecule has 0 saturated heterocycles. The molecule has 0 bridgehead atoms. The van der Waals surface area contributed by atoms with Crippen LogP contribution in [0.3, 0.4) is 0 Å². The third-order valence-electron chi connectivity index (χ3n) is 1.88. The van der Waals surface area contributed by atoms with E-state index in [4.69, 9.17) is 11.5 Å². The van der Waals surface area contributed by atoms with E-state index in [9.17, 15) is 14.4 Å². The number of carbonyl (C=O) groups is 3. The number of nitrogens with two attached hydrogens (primary N) is 2. The summed E-state index contributed by atoms with van der Waals surface area (Å²) >= 11 is 0. The van der Waals surface area contributed by atoms with Crippen molar-refractivity contribution in [3.05, 3.63) is 0 Å². The highest BCUT2D eigenvalue weighted by atomic mass is 16.2. The number of hydrogen-bond donors (Lipinski definition) is 5. The summed E-state index contributed by atoms with van der Waals surface area (Å²) in [5.74, 6) is -1.44. The largest absolute Gasteiger partial charge is 0.368 e. The van der Waals surface area contributed by atoms with Crippen molar-refractivity contribution in [1.29, 1.82) is 0 Å². The second kappa shape index (κ2) is 8.48. The van der Waals surface area contributed by atoms with Crippen molar-refractivity contribution < 1.29 is 14.4 Å². The van der Waals surface area contributed by atoms with Crippen molar-refractivity contribution in [3.8, 4) is 0 Å². The fourth-order valence-corrected chi connectivity index (χ4v) is 1.14. The van der Waals surface area contributed by atoms with E-state index in [0.29, 0.717) is 6.42 Å². The number of amides is 3. The Morgan fingerprint density at radius 1 is 1.24 bits per heavy atom. The molecule has 17 heavy (non-hydrogen) atoms. The molecule has 0 aromatic carbocycles. The number of rotatable bonds is 8. The summed E-state index contributed by atoms with van der Waals surface area (Å²) in [7, 11) is 1.62. The Bertz CT molecular complexity index is 282. The number of nitrogens with one attached hydrogen (secondary N) is 3. The molecular weight excluding hydrogens is 226 g/mol. The van der Waals surface area contributed by atoms with E-state index in [1.807, 2.05) is 0 Å². The van der Waals surface area contributed by atoms with E-state index in [-0.39, 0.29) is 25.5 Å². The molecule has 3 amide bonds. The van der Waals surface area contributed by atoms with Gasteiger partial charge in [0.1, 0.15) is 6.04 Å². The molecule has 0 aromatic rings. The maximum Gasteiger partial charge on any atom is 0.243 e. The number of carbonyl (C=O) groups excluding carboxylic acids is 3. The zero-order chi connectivity index (χ0) is 13.3. The first kappa shape index (κ1) is 15.3. The third kappa shape index (κ3) is 7.25. The Kier molecular flexibility index (Phi) is 7.65.